The van der Waals surface area contributed by atoms with E-state index in [1.807, 2.05) is 6.07 Å². The lowest BCUT2D eigenvalue weighted by Gasteiger charge is -2.08. The van der Waals surface area contributed by atoms with Crippen LogP contribution in [0.25, 0.3) is 5.69 Å². The van der Waals surface area contributed by atoms with Gasteiger partial charge in [0.1, 0.15) is 12.0 Å². The van der Waals surface area contributed by atoms with E-state index in [2.05, 4.69) is 15.5 Å². The summed E-state index contributed by atoms with van der Waals surface area (Å²) < 4.78 is 1.71. The predicted octanol–water partition coefficient (Wildman–Crippen LogP) is 3.87. The molecule has 0 fully saturated rings. The molecule has 3 aromatic rings. The number of amides is 1. The SMILES string of the molecule is Cc1ccc(NC(=O)CSc2nncn2-c2cccc(Cl)c2)c([N+](=O)[O-])c1. The van der Waals surface area contributed by atoms with Crippen LogP contribution in [-0.2, 0) is 4.79 Å². The monoisotopic (exact) mass is 403 g/mol. The first-order chi connectivity index (χ1) is 12.9. The molecule has 0 aliphatic rings. The van der Waals surface area contributed by atoms with Crippen LogP contribution in [0.5, 0.6) is 0 Å². The van der Waals surface area contributed by atoms with Crippen LogP contribution in [0.4, 0.5) is 11.4 Å². The van der Waals surface area contributed by atoms with Crippen molar-refractivity contribution in [3.8, 4) is 5.69 Å². The normalized spacial score (nSPS) is 10.6. The minimum Gasteiger partial charge on any atom is -0.320 e. The van der Waals surface area contributed by atoms with Gasteiger partial charge in [-0.3, -0.25) is 19.5 Å². The van der Waals surface area contributed by atoms with Crippen LogP contribution in [-0.4, -0.2) is 31.3 Å². The zero-order valence-electron chi connectivity index (χ0n) is 14.1. The van der Waals surface area contributed by atoms with Gasteiger partial charge in [0, 0.05) is 11.1 Å². The summed E-state index contributed by atoms with van der Waals surface area (Å²) in [6.07, 6.45) is 1.52. The Morgan fingerprint density at radius 1 is 1.33 bits per heavy atom. The van der Waals surface area contributed by atoms with Crippen molar-refractivity contribution in [1.29, 1.82) is 0 Å². The second-order valence-corrected chi connectivity index (χ2v) is 6.96. The molecule has 1 aromatic heterocycles. The minimum atomic E-state index is -0.522. The van der Waals surface area contributed by atoms with Crippen molar-refractivity contribution in [2.24, 2.45) is 0 Å². The number of thioether (sulfide) groups is 1. The van der Waals surface area contributed by atoms with Crippen molar-refractivity contribution in [2.45, 2.75) is 12.1 Å². The van der Waals surface area contributed by atoms with Gasteiger partial charge in [-0.2, -0.15) is 0 Å². The van der Waals surface area contributed by atoms with E-state index in [4.69, 9.17) is 11.6 Å². The molecular formula is C17H14ClN5O3S. The fourth-order valence-electron chi connectivity index (χ4n) is 2.34. The lowest BCUT2D eigenvalue weighted by atomic mass is 10.2. The van der Waals surface area contributed by atoms with Gasteiger partial charge in [0.2, 0.25) is 5.91 Å². The fourth-order valence-corrected chi connectivity index (χ4v) is 3.25. The number of aromatic nitrogens is 3. The number of aryl methyl sites for hydroxylation is 1. The summed E-state index contributed by atoms with van der Waals surface area (Å²) in [5.41, 5.74) is 1.52. The fraction of sp³-hybridized carbons (Fsp3) is 0.118. The number of hydrogen-bond acceptors (Lipinski definition) is 6. The Morgan fingerprint density at radius 3 is 2.89 bits per heavy atom. The van der Waals surface area contributed by atoms with Crippen LogP contribution < -0.4 is 5.32 Å². The van der Waals surface area contributed by atoms with Gasteiger partial charge in [-0.25, -0.2) is 0 Å². The number of benzene rings is 2. The quantitative estimate of drug-likeness (QED) is 0.380. The summed E-state index contributed by atoms with van der Waals surface area (Å²) in [5, 5.41) is 22.7. The van der Waals surface area contributed by atoms with Crippen LogP contribution in [0.2, 0.25) is 5.02 Å². The van der Waals surface area contributed by atoms with E-state index >= 15 is 0 Å². The summed E-state index contributed by atoms with van der Waals surface area (Å²) in [5.74, 6) is -0.364. The van der Waals surface area contributed by atoms with Gasteiger partial charge < -0.3 is 5.32 Å². The Hall–Kier alpha value is -2.91. The Morgan fingerprint density at radius 2 is 2.15 bits per heavy atom. The molecular weight excluding hydrogens is 390 g/mol. The number of carbonyl (C=O) groups excluding carboxylic acids is 1. The van der Waals surface area contributed by atoms with Gasteiger partial charge >= 0.3 is 0 Å². The van der Waals surface area contributed by atoms with Crippen molar-refractivity contribution < 1.29 is 9.72 Å². The maximum atomic E-state index is 12.2. The summed E-state index contributed by atoms with van der Waals surface area (Å²) in [6, 6.07) is 11.8. The molecule has 0 radical (unpaired) electrons. The molecule has 0 unspecified atom stereocenters. The van der Waals surface area contributed by atoms with Crippen LogP contribution in [0.15, 0.2) is 53.9 Å². The van der Waals surface area contributed by atoms with Gasteiger partial charge in [-0.1, -0.05) is 35.5 Å². The molecule has 0 atom stereocenters. The molecule has 2 aromatic carbocycles. The van der Waals surface area contributed by atoms with E-state index in [-0.39, 0.29) is 23.0 Å². The summed E-state index contributed by atoms with van der Waals surface area (Å²) in [7, 11) is 0. The highest BCUT2D eigenvalue weighted by Crippen LogP contribution is 2.26. The molecule has 3 rings (SSSR count). The third-order valence-corrected chi connectivity index (χ3v) is 4.74. The number of nitro benzene ring substituents is 1. The van der Waals surface area contributed by atoms with Gasteiger partial charge in [-0.15, -0.1) is 10.2 Å². The maximum Gasteiger partial charge on any atom is 0.293 e. The molecule has 1 amide bonds. The van der Waals surface area contributed by atoms with Gasteiger partial charge in [-0.05, 0) is 36.8 Å². The molecule has 138 valence electrons. The standard InChI is InChI=1S/C17H14ClN5O3S/c1-11-5-6-14(15(7-11)23(25)26)20-16(24)9-27-17-21-19-10-22(17)13-4-2-3-12(18)8-13/h2-8,10H,9H2,1H3,(H,20,24). The number of nitro groups is 1. The molecule has 0 bridgehead atoms. The Bertz CT molecular complexity index is 1010. The molecule has 10 heteroatoms. The molecule has 0 aliphatic heterocycles. The lowest BCUT2D eigenvalue weighted by molar-refractivity contribution is -0.384. The van der Waals surface area contributed by atoms with Gasteiger partial charge in [0.15, 0.2) is 5.16 Å². The van der Waals surface area contributed by atoms with Gasteiger partial charge in [0.05, 0.1) is 16.4 Å². The summed E-state index contributed by atoms with van der Waals surface area (Å²) in [6.45, 7) is 1.75. The highest BCUT2D eigenvalue weighted by molar-refractivity contribution is 7.99. The molecule has 27 heavy (non-hydrogen) atoms. The van der Waals surface area contributed by atoms with Crippen molar-refractivity contribution in [3.63, 3.8) is 0 Å². The second-order valence-electron chi connectivity index (χ2n) is 5.58. The largest absolute Gasteiger partial charge is 0.320 e. The lowest BCUT2D eigenvalue weighted by Crippen LogP contribution is -2.15. The smallest absolute Gasteiger partial charge is 0.293 e. The van der Waals surface area contributed by atoms with E-state index in [1.165, 1.54) is 18.5 Å². The molecule has 0 spiro atoms. The van der Waals surface area contributed by atoms with E-state index in [0.717, 1.165) is 23.0 Å². The maximum absolute atomic E-state index is 12.2. The Kier molecular flexibility index (Phi) is 5.72. The Labute approximate surface area is 163 Å². The van der Waals surface area contributed by atoms with Crippen molar-refractivity contribution in [1.82, 2.24) is 14.8 Å². The summed E-state index contributed by atoms with van der Waals surface area (Å²) >= 11 is 7.17. The molecule has 1 heterocycles. The average molecular weight is 404 g/mol. The highest BCUT2D eigenvalue weighted by Gasteiger charge is 2.17. The predicted molar refractivity (Wildman–Crippen MR) is 104 cm³/mol. The van der Waals surface area contributed by atoms with E-state index < -0.39 is 4.92 Å². The third kappa shape index (κ3) is 4.63. The molecule has 0 aliphatic carbocycles. The minimum absolute atomic E-state index is 0.0181. The van der Waals surface area contributed by atoms with Crippen molar-refractivity contribution in [3.05, 3.63) is 69.5 Å². The van der Waals surface area contributed by atoms with Crippen molar-refractivity contribution >= 4 is 40.6 Å². The number of hydrogen-bond donors (Lipinski definition) is 1. The zero-order chi connectivity index (χ0) is 19.4. The van der Waals surface area contributed by atoms with Gasteiger partial charge in [0.25, 0.3) is 5.69 Å². The van der Waals surface area contributed by atoms with Crippen LogP contribution in [0.3, 0.4) is 0 Å². The van der Waals surface area contributed by atoms with Crippen molar-refractivity contribution in [2.75, 3.05) is 11.1 Å². The first kappa shape index (κ1) is 18.9. The first-order valence-corrected chi connectivity index (χ1v) is 9.14. The first-order valence-electron chi connectivity index (χ1n) is 7.77. The van der Waals surface area contributed by atoms with E-state index in [0.29, 0.717) is 10.2 Å². The number of anilines is 1. The number of rotatable bonds is 6. The average Bonchev–Trinajstić information content (AvgIpc) is 3.10. The number of carbonyl (C=O) groups is 1. The van der Waals surface area contributed by atoms with Crippen LogP contribution in [0.1, 0.15) is 5.56 Å². The Balaban J connectivity index is 1.69. The van der Waals surface area contributed by atoms with Crippen LogP contribution in [0, 0.1) is 17.0 Å². The highest BCUT2D eigenvalue weighted by atomic mass is 35.5. The molecule has 0 saturated heterocycles. The number of nitrogens with one attached hydrogen (secondary N) is 1. The topological polar surface area (TPSA) is 103 Å². The summed E-state index contributed by atoms with van der Waals surface area (Å²) in [4.78, 5) is 22.9. The third-order valence-electron chi connectivity index (χ3n) is 3.56. The molecule has 0 saturated carbocycles. The molecule has 8 nitrogen and oxygen atoms in total. The zero-order valence-corrected chi connectivity index (χ0v) is 15.7. The number of nitrogens with zero attached hydrogens (tertiary/aromatic N) is 4. The van der Waals surface area contributed by atoms with E-state index in [1.54, 1.807) is 35.8 Å². The number of halogens is 1. The second kappa shape index (κ2) is 8.19. The molecule has 1 N–H and O–H groups in total. The van der Waals surface area contributed by atoms with E-state index in [9.17, 15) is 14.9 Å². The van der Waals surface area contributed by atoms with Crippen LogP contribution >= 0.6 is 23.4 Å².